The number of aldehydes is 1. The van der Waals surface area contributed by atoms with Crippen molar-refractivity contribution in [3.63, 3.8) is 0 Å². The number of primary amides is 1. The van der Waals surface area contributed by atoms with Gasteiger partial charge in [0.15, 0.2) is 11.7 Å². The maximum absolute atomic E-state index is 15.0. The van der Waals surface area contributed by atoms with Crippen LogP contribution in [-0.2, 0) is 108 Å². The van der Waals surface area contributed by atoms with E-state index in [1.807, 2.05) is 0 Å². The molecule has 11 amide bonds. The Morgan fingerprint density at radius 2 is 1.45 bits per heavy atom. The summed E-state index contributed by atoms with van der Waals surface area (Å²) in [5, 5.41) is 75.7. The Morgan fingerprint density at radius 1 is 0.798 bits per heavy atom. The number of aliphatic hydroxyl groups is 4. The highest BCUT2D eigenvalue weighted by molar-refractivity contribution is 6.17. The number of nitrogens with zero attached hydrogens (tertiary/aromatic N) is 1. The Kier molecular flexibility index (Phi) is 27.0. The second kappa shape index (κ2) is 35.2. The third-order valence-corrected chi connectivity index (χ3v) is 16.8. The van der Waals surface area contributed by atoms with Crippen LogP contribution in [0.1, 0.15) is 84.5 Å². The molecule has 4 aliphatic rings. The molecule has 0 spiro atoms. The van der Waals surface area contributed by atoms with Gasteiger partial charge in [-0.15, -0.1) is 0 Å². The van der Waals surface area contributed by atoms with E-state index in [9.17, 15) is 93.0 Å². The van der Waals surface area contributed by atoms with E-state index in [1.165, 1.54) is 29.7 Å². The Balaban J connectivity index is 0.907. The molecule has 35 heteroatoms. The van der Waals surface area contributed by atoms with Gasteiger partial charge in [0.25, 0.3) is 11.5 Å². The Bertz CT molecular complexity index is 3770. The highest BCUT2D eigenvalue weighted by atomic mass is 19.1. The molecule has 9 atom stereocenters. The van der Waals surface area contributed by atoms with E-state index in [2.05, 4.69) is 53.2 Å². The molecule has 34 nitrogen and oxygen atoms in total. The normalized spacial score (nSPS) is 20.6. The molecule has 0 radical (unpaired) electrons. The highest BCUT2D eigenvalue weighted by Crippen LogP contribution is 2.41. The molecule has 1 fully saturated rings. The summed E-state index contributed by atoms with van der Waals surface area (Å²) in [4.78, 5) is 179. The lowest BCUT2D eigenvalue weighted by atomic mass is 9.78. The summed E-state index contributed by atoms with van der Waals surface area (Å²) in [6.07, 6.45) is -6.27. The van der Waals surface area contributed by atoms with Crippen LogP contribution in [0.25, 0.3) is 5.57 Å². The molecular formula is C64H78FN13O21. The quantitative estimate of drug-likeness (QED) is 0.0117. The molecule has 17 N–H and O–H groups in total. The Morgan fingerprint density at radius 3 is 2.14 bits per heavy atom. The molecule has 0 saturated carbocycles. The van der Waals surface area contributed by atoms with Gasteiger partial charge >= 0.3 is 5.97 Å². The standard InChI is InChI=1S/C64H78FN13O21/c1-3-64(96)38-21-43-56(67)36(28-78(43)62(94)37(38)30-97-63(64)95)55-35-11-13-39(65)32(2)34(35)12-14-40(55)77-61(93)46(29-80)98-31-74-53(87)26-73-60(92)42(20-33-8-5-4-6-9-33)76-54(88)27-71-52(86)25-72-59(91)41(75-50(84)17-18-68-51(85)24-70-48(82)10-7-19-79)15-16-49(83)69-23-45-58(90)57(89)44(99-45)22-47(66)81/h4-11,13,19,21,40-42,44-46,57-58,67,80,89-90,96H,3,12,14-18,20,22-31H2,1-2H3,(H2,66,81)(H,68,85)(H,69,83)(H,70,82)(H,71,86)(H,72,91)(H,73,92)(H,74,87)(H,75,84)(H,76,88)(H,77,93)/b10-7-,55-36+,67-56?/t40-,41-,42-,44-,45+,46+,57-,58+,64-/m0/s1. The summed E-state index contributed by atoms with van der Waals surface area (Å²) in [5.74, 6) is -10.7. The number of carbonyl (C=O) groups excluding carboxylic acids is 13. The number of hydrogen-bond donors (Lipinski definition) is 16. The molecule has 2 aromatic carbocycles. The topological polar surface area (TPSA) is 523 Å². The van der Waals surface area contributed by atoms with E-state index in [0.717, 1.165) is 12.2 Å². The van der Waals surface area contributed by atoms with Crippen LogP contribution in [0.15, 0.2) is 71.1 Å². The van der Waals surface area contributed by atoms with E-state index < -0.39 is 208 Å². The molecular weight excluding hydrogens is 1310 g/mol. The van der Waals surface area contributed by atoms with Crippen LogP contribution in [0, 0.1) is 18.2 Å². The Hall–Kier alpha value is -10.5. The number of nitrogens with one attached hydrogen (secondary N) is 11. The third-order valence-electron chi connectivity index (χ3n) is 16.8. The van der Waals surface area contributed by atoms with Crippen molar-refractivity contribution in [3.05, 3.63) is 122 Å². The fraction of sp³-hybridized carbons (Fsp3) is 0.453. The van der Waals surface area contributed by atoms with E-state index in [1.54, 1.807) is 37.3 Å². The van der Waals surface area contributed by atoms with Crippen molar-refractivity contribution in [3.8, 4) is 0 Å². The fourth-order valence-corrected chi connectivity index (χ4v) is 11.4. The molecule has 0 unspecified atom stereocenters. The molecule has 7 rings (SSSR count). The number of esters is 1. The van der Waals surface area contributed by atoms with Crippen molar-refractivity contribution in [2.75, 3.05) is 52.6 Å². The number of ether oxygens (including phenoxy) is 3. The smallest absolute Gasteiger partial charge is 0.343 e. The van der Waals surface area contributed by atoms with Gasteiger partial charge < -0.3 is 98.1 Å². The summed E-state index contributed by atoms with van der Waals surface area (Å²) in [6.45, 7) is -2.44. The van der Waals surface area contributed by atoms with Crippen molar-refractivity contribution in [1.82, 2.24) is 57.7 Å². The summed E-state index contributed by atoms with van der Waals surface area (Å²) >= 11 is 0. The van der Waals surface area contributed by atoms with Crippen molar-refractivity contribution >= 4 is 88.5 Å². The van der Waals surface area contributed by atoms with Gasteiger partial charge in [0.2, 0.25) is 59.1 Å². The van der Waals surface area contributed by atoms with Gasteiger partial charge in [-0.05, 0) is 78.6 Å². The van der Waals surface area contributed by atoms with E-state index in [4.69, 9.17) is 19.9 Å². The first-order chi connectivity index (χ1) is 47.2. The first-order valence-electron chi connectivity index (χ1n) is 31.4. The molecule has 532 valence electrons. The van der Waals surface area contributed by atoms with Gasteiger partial charge in [0.05, 0.1) is 74.9 Å². The molecule has 0 bridgehead atoms. The van der Waals surface area contributed by atoms with Crippen molar-refractivity contribution in [1.29, 1.82) is 5.41 Å². The number of benzene rings is 2. The molecule has 1 saturated heterocycles. The summed E-state index contributed by atoms with van der Waals surface area (Å²) in [6, 6.07) is 8.70. The minimum atomic E-state index is -2.15. The Labute approximate surface area is 563 Å². The third kappa shape index (κ3) is 19.9. The van der Waals surface area contributed by atoms with Crippen molar-refractivity contribution < 1.29 is 101 Å². The fourth-order valence-electron chi connectivity index (χ4n) is 11.4. The van der Waals surface area contributed by atoms with Gasteiger partial charge in [0.1, 0.15) is 55.8 Å². The number of amides is 11. The monoisotopic (exact) mass is 1380 g/mol. The minimum absolute atomic E-state index is 0.0128. The van der Waals surface area contributed by atoms with Gasteiger partial charge in [-0.3, -0.25) is 67.7 Å². The van der Waals surface area contributed by atoms with Crippen LogP contribution in [0.2, 0.25) is 0 Å². The van der Waals surface area contributed by atoms with Gasteiger partial charge in [-0.1, -0.05) is 43.3 Å². The molecule has 1 aliphatic carbocycles. The van der Waals surface area contributed by atoms with Gasteiger partial charge in [-0.2, -0.15) is 0 Å². The first-order valence-corrected chi connectivity index (χ1v) is 31.4. The molecule has 3 aromatic rings. The minimum Gasteiger partial charge on any atom is -0.458 e. The molecule has 4 heterocycles. The number of aliphatic hydroxyl groups excluding tert-OH is 3. The zero-order chi connectivity index (χ0) is 72.3. The number of pyridine rings is 1. The van der Waals surface area contributed by atoms with Crippen LogP contribution in [0.5, 0.6) is 0 Å². The SMILES string of the molecule is CC[C@@]1(O)C(=O)OCc2c1cc1n(c2=O)C/C(=C2/c3ccc(F)c(C)c3CC[C@@H]2NC(=O)[C@@H](CO)OCNC(=O)CNC(=O)[C@H](Cc2ccccc2)NC(=O)CNC(=O)CNC(=O)[C@H](CCC(=O)NC[C@H]2O[C@@H](CC(N)=O)[C@H](O)[C@@H]2O)NC(=O)CCNC(=O)CNC(=O)/C=C\C=O)C1=N. The van der Waals surface area contributed by atoms with Crippen molar-refractivity contribution in [2.24, 2.45) is 5.73 Å². The lowest BCUT2D eigenvalue weighted by molar-refractivity contribution is -0.172. The van der Waals surface area contributed by atoms with Gasteiger partial charge in [0, 0.05) is 49.6 Å². The van der Waals surface area contributed by atoms with Crippen LogP contribution < -0.4 is 64.5 Å². The number of halogens is 1. The largest absolute Gasteiger partial charge is 0.458 e. The zero-order valence-corrected chi connectivity index (χ0v) is 53.8. The highest BCUT2D eigenvalue weighted by Gasteiger charge is 2.47. The number of fused-ring (bicyclic) bond motifs is 3. The lowest BCUT2D eigenvalue weighted by Gasteiger charge is -2.32. The zero-order valence-electron chi connectivity index (χ0n) is 53.8. The number of aromatic nitrogens is 1. The molecule has 1 aromatic heterocycles. The predicted molar refractivity (Wildman–Crippen MR) is 340 cm³/mol. The van der Waals surface area contributed by atoms with E-state index in [-0.39, 0.29) is 73.4 Å². The molecule has 99 heavy (non-hydrogen) atoms. The van der Waals surface area contributed by atoms with E-state index >= 15 is 4.39 Å². The number of allylic oxidation sites excluding steroid dienone is 2. The second-order valence-electron chi connectivity index (χ2n) is 23.4. The summed E-state index contributed by atoms with van der Waals surface area (Å²) in [5.41, 5.74) is 5.01. The van der Waals surface area contributed by atoms with Crippen LogP contribution in [0.3, 0.4) is 0 Å². The van der Waals surface area contributed by atoms with Crippen LogP contribution in [0.4, 0.5) is 4.39 Å². The lowest BCUT2D eigenvalue weighted by Crippen LogP contribution is -2.53. The number of hydrogen-bond acceptors (Lipinski definition) is 22. The maximum Gasteiger partial charge on any atom is 0.343 e. The van der Waals surface area contributed by atoms with E-state index in [0.29, 0.717) is 34.1 Å². The number of rotatable bonds is 33. The average Bonchev–Trinajstić information content (AvgIpc) is 1.64. The van der Waals surface area contributed by atoms with Gasteiger partial charge in [-0.25, -0.2) is 9.18 Å². The molecule has 3 aliphatic heterocycles. The number of carbonyl (C=O) groups is 13. The summed E-state index contributed by atoms with van der Waals surface area (Å²) in [7, 11) is 0. The number of nitrogens with two attached hydrogens (primary N) is 1. The average molecular weight is 1380 g/mol. The van der Waals surface area contributed by atoms with Crippen LogP contribution in [-0.4, -0.2) is 209 Å². The number of cyclic esters (lactones) is 1. The van der Waals surface area contributed by atoms with Crippen LogP contribution >= 0.6 is 0 Å². The predicted octanol–water partition coefficient (Wildman–Crippen LogP) is -6.13. The summed E-state index contributed by atoms with van der Waals surface area (Å²) < 4.78 is 32.5. The first kappa shape index (κ1) is 75.9. The second-order valence-corrected chi connectivity index (χ2v) is 23.4. The maximum atomic E-state index is 15.0. The van der Waals surface area contributed by atoms with Crippen molar-refractivity contribution in [2.45, 2.75) is 133 Å².